The normalized spacial score (nSPS) is 19.0. The lowest BCUT2D eigenvalue weighted by atomic mass is 9.90. The number of rotatable bonds is 6. The van der Waals surface area contributed by atoms with E-state index >= 15 is 0 Å². The van der Waals surface area contributed by atoms with Gasteiger partial charge in [-0.05, 0) is 23.6 Å². The van der Waals surface area contributed by atoms with Crippen molar-refractivity contribution in [1.29, 1.82) is 0 Å². The molecule has 1 saturated heterocycles. The summed E-state index contributed by atoms with van der Waals surface area (Å²) in [6.07, 6.45) is 5.88. The van der Waals surface area contributed by atoms with Gasteiger partial charge in [0.15, 0.2) is 0 Å². The first kappa shape index (κ1) is 19.4. The van der Waals surface area contributed by atoms with Gasteiger partial charge in [-0.3, -0.25) is 9.48 Å². The Morgan fingerprint density at radius 1 is 1.24 bits per heavy atom. The minimum Gasteiger partial charge on any atom is -0.352 e. The maximum atomic E-state index is 13.0. The van der Waals surface area contributed by atoms with E-state index in [-0.39, 0.29) is 23.7 Å². The number of amides is 1. The summed E-state index contributed by atoms with van der Waals surface area (Å²) >= 11 is 0. The molecule has 0 aliphatic carbocycles. The van der Waals surface area contributed by atoms with E-state index in [1.807, 2.05) is 60.7 Å². The Kier molecular flexibility index (Phi) is 5.49. The molecule has 1 fully saturated rings. The molecule has 1 aliphatic rings. The number of aromatic nitrogens is 4. The van der Waals surface area contributed by atoms with Gasteiger partial charge in [-0.25, -0.2) is 4.68 Å². The van der Waals surface area contributed by atoms with E-state index < -0.39 is 0 Å². The number of carbonyl (C=O) groups is 1. The molecule has 1 amide bonds. The van der Waals surface area contributed by atoms with E-state index in [0.717, 1.165) is 29.1 Å². The van der Waals surface area contributed by atoms with Gasteiger partial charge in [0, 0.05) is 50.6 Å². The first-order valence-electron chi connectivity index (χ1n) is 10.1. The predicted octanol–water partition coefficient (Wildman–Crippen LogP) is 2.35. The van der Waals surface area contributed by atoms with Gasteiger partial charge in [0.1, 0.15) is 0 Å². The molecule has 0 spiro atoms. The van der Waals surface area contributed by atoms with Crippen LogP contribution in [0.1, 0.15) is 42.5 Å². The van der Waals surface area contributed by atoms with Crippen LogP contribution in [-0.2, 0) is 18.4 Å². The van der Waals surface area contributed by atoms with E-state index in [2.05, 4.69) is 29.6 Å². The van der Waals surface area contributed by atoms with Crippen LogP contribution in [0.5, 0.6) is 0 Å². The lowest BCUT2D eigenvalue weighted by Gasteiger charge is -2.17. The van der Waals surface area contributed by atoms with Crippen molar-refractivity contribution in [3.05, 3.63) is 65.7 Å². The van der Waals surface area contributed by atoms with Crippen molar-refractivity contribution in [3.63, 3.8) is 0 Å². The molecule has 7 nitrogen and oxygen atoms in total. The Balaban J connectivity index is 1.48. The minimum absolute atomic E-state index is 0.0750. The summed E-state index contributed by atoms with van der Waals surface area (Å²) in [6, 6.07) is 10.1. The largest absolute Gasteiger partial charge is 0.352 e. The summed E-state index contributed by atoms with van der Waals surface area (Å²) in [4.78, 5) is 13.0. The summed E-state index contributed by atoms with van der Waals surface area (Å²) in [5.41, 5.74) is 4.20. The summed E-state index contributed by atoms with van der Waals surface area (Å²) in [5, 5.41) is 15.5. The Hall–Kier alpha value is -2.93. The summed E-state index contributed by atoms with van der Waals surface area (Å²) in [6.45, 7) is 6.22. The molecule has 0 bridgehead atoms. The third-order valence-electron chi connectivity index (χ3n) is 5.55. The van der Waals surface area contributed by atoms with E-state index in [0.29, 0.717) is 13.1 Å². The Bertz CT molecular complexity index is 974. The van der Waals surface area contributed by atoms with Gasteiger partial charge in [-0.1, -0.05) is 32.0 Å². The number of para-hydroxylation sites is 1. The van der Waals surface area contributed by atoms with Gasteiger partial charge in [-0.15, -0.1) is 0 Å². The highest BCUT2D eigenvalue weighted by Crippen LogP contribution is 2.28. The highest BCUT2D eigenvalue weighted by Gasteiger charge is 2.34. The van der Waals surface area contributed by atoms with Gasteiger partial charge in [0.2, 0.25) is 5.91 Å². The SMILES string of the molecule is CC(C)c1nn(-c2ccccc2)cc1CNC(=O)[C@H]1CNC[C@@H]1c1cnn(C)c1. The van der Waals surface area contributed by atoms with Crippen molar-refractivity contribution in [2.75, 3.05) is 13.1 Å². The molecule has 2 N–H and O–H groups in total. The van der Waals surface area contributed by atoms with Gasteiger partial charge in [-0.2, -0.15) is 10.2 Å². The predicted molar refractivity (Wildman–Crippen MR) is 112 cm³/mol. The molecule has 0 radical (unpaired) electrons. The van der Waals surface area contributed by atoms with E-state index in [9.17, 15) is 4.79 Å². The summed E-state index contributed by atoms with van der Waals surface area (Å²) in [5.74, 6) is 0.417. The van der Waals surface area contributed by atoms with Gasteiger partial charge in [0.05, 0.1) is 23.5 Å². The fourth-order valence-corrected chi connectivity index (χ4v) is 4.01. The van der Waals surface area contributed by atoms with Crippen molar-refractivity contribution in [1.82, 2.24) is 30.2 Å². The topological polar surface area (TPSA) is 76.8 Å². The molecule has 3 aromatic rings. The average molecular weight is 393 g/mol. The smallest absolute Gasteiger partial charge is 0.225 e. The third-order valence-corrected chi connectivity index (χ3v) is 5.55. The number of hydrogen-bond acceptors (Lipinski definition) is 4. The molecule has 29 heavy (non-hydrogen) atoms. The fourth-order valence-electron chi connectivity index (χ4n) is 4.01. The zero-order valence-electron chi connectivity index (χ0n) is 17.2. The standard InChI is InChI=1S/C22H28N6O/c1-15(2)21-17(14-28(26-21)18-7-5-4-6-8-18)9-24-22(29)20-12-23-11-19(20)16-10-25-27(3)13-16/h4-8,10,13-15,19-20,23H,9,11-12H2,1-3H3,(H,24,29)/t19-,20+/m1/s1. The van der Waals surface area contributed by atoms with Crippen LogP contribution in [0.4, 0.5) is 0 Å². The second kappa shape index (κ2) is 8.21. The second-order valence-electron chi connectivity index (χ2n) is 8.01. The quantitative estimate of drug-likeness (QED) is 0.675. The third kappa shape index (κ3) is 4.10. The molecule has 0 unspecified atom stereocenters. The van der Waals surface area contributed by atoms with Gasteiger partial charge in [0.25, 0.3) is 0 Å². The van der Waals surface area contributed by atoms with Gasteiger partial charge >= 0.3 is 0 Å². The van der Waals surface area contributed by atoms with Crippen LogP contribution in [-0.4, -0.2) is 38.6 Å². The van der Waals surface area contributed by atoms with Crippen molar-refractivity contribution in [2.45, 2.75) is 32.2 Å². The maximum Gasteiger partial charge on any atom is 0.225 e. The zero-order valence-corrected chi connectivity index (χ0v) is 17.2. The van der Waals surface area contributed by atoms with Crippen LogP contribution in [0, 0.1) is 5.92 Å². The Morgan fingerprint density at radius 2 is 2.03 bits per heavy atom. The summed E-state index contributed by atoms with van der Waals surface area (Å²) < 4.78 is 3.68. The highest BCUT2D eigenvalue weighted by molar-refractivity contribution is 5.80. The van der Waals surface area contributed by atoms with Gasteiger partial charge < -0.3 is 10.6 Å². The highest BCUT2D eigenvalue weighted by atomic mass is 16.1. The van der Waals surface area contributed by atoms with Crippen LogP contribution in [0.3, 0.4) is 0 Å². The van der Waals surface area contributed by atoms with Crippen LogP contribution in [0.15, 0.2) is 48.9 Å². The van der Waals surface area contributed by atoms with Crippen LogP contribution in [0.25, 0.3) is 5.69 Å². The van der Waals surface area contributed by atoms with E-state index in [1.165, 1.54) is 0 Å². The molecule has 1 aromatic carbocycles. The van der Waals surface area contributed by atoms with Crippen LogP contribution >= 0.6 is 0 Å². The molecule has 3 heterocycles. The Labute approximate surface area is 171 Å². The number of nitrogens with zero attached hydrogens (tertiary/aromatic N) is 4. The number of aryl methyl sites for hydroxylation is 1. The molecular formula is C22H28N6O. The lowest BCUT2D eigenvalue weighted by Crippen LogP contribution is -2.34. The minimum atomic E-state index is -0.0918. The monoisotopic (exact) mass is 392 g/mol. The molecular weight excluding hydrogens is 364 g/mol. The van der Waals surface area contributed by atoms with Crippen LogP contribution in [0.2, 0.25) is 0 Å². The molecule has 2 aromatic heterocycles. The van der Waals surface area contributed by atoms with Crippen molar-refractivity contribution in [3.8, 4) is 5.69 Å². The van der Waals surface area contributed by atoms with Crippen molar-refractivity contribution < 1.29 is 4.79 Å². The second-order valence-corrected chi connectivity index (χ2v) is 8.01. The number of hydrogen-bond donors (Lipinski definition) is 2. The van der Waals surface area contributed by atoms with Crippen LogP contribution < -0.4 is 10.6 Å². The lowest BCUT2D eigenvalue weighted by molar-refractivity contribution is -0.125. The molecule has 0 saturated carbocycles. The molecule has 2 atom stereocenters. The summed E-state index contributed by atoms with van der Waals surface area (Å²) in [7, 11) is 1.90. The zero-order chi connectivity index (χ0) is 20.4. The van der Waals surface area contributed by atoms with E-state index in [1.54, 1.807) is 4.68 Å². The molecule has 1 aliphatic heterocycles. The molecule has 7 heteroatoms. The number of benzene rings is 1. The first-order chi connectivity index (χ1) is 14.0. The van der Waals surface area contributed by atoms with Crippen molar-refractivity contribution in [2.24, 2.45) is 13.0 Å². The Morgan fingerprint density at radius 3 is 2.72 bits per heavy atom. The first-order valence-corrected chi connectivity index (χ1v) is 10.1. The maximum absolute atomic E-state index is 13.0. The fraction of sp³-hybridized carbons (Fsp3) is 0.409. The molecule has 152 valence electrons. The average Bonchev–Trinajstić information content (AvgIpc) is 3.45. The molecule has 4 rings (SSSR count). The van der Waals surface area contributed by atoms with E-state index in [4.69, 9.17) is 5.10 Å². The van der Waals surface area contributed by atoms with Crippen molar-refractivity contribution >= 4 is 5.91 Å². The number of nitrogens with one attached hydrogen (secondary N) is 2. The number of carbonyl (C=O) groups excluding carboxylic acids is 1.